The van der Waals surface area contributed by atoms with Crippen LogP contribution in [0.25, 0.3) is 0 Å². The summed E-state index contributed by atoms with van der Waals surface area (Å²) in [5, 5.41) is 9.64. The van der Waals surface area contributed by atoms with Crippen LogP contribution in [-0.4, -0.2) is 11.4 Å². The summed E-state index contributed by atoms with van der Waals surface area (Å²) < 4.78 is 12.6. The highest BCUT2D eigenvalue weighted by atomic mass is 16.5. The Kier molecular flexibility index (Phi) is 5.40. The van der Waals surface area contributed by atoms with Crippen LogP contribution >= 0.6 is 0 Å². The van der Waals surface area contributed by atoms with E-state index in [1.165, 1.54) is 0 Å². The third kappa shape index (κ3) is 3.99. The van der Waals surface area contributed by atoms with Gasteiger partial charge in [-0.3, -0.25) is 0 Å². The molecule has 0 fully saturated rings. The van der Waals surface area contributed by atoms with E-state index >= 15 is 0 Å². The molecule has 0 saturated carbocycles. The Morgan fingerprint density at radius 3 is 1.29 bits per heavy atom. The molecule has 2 unspecified atom stereocenters. The minimum atomic E-state index is -0.0888. The molecule has 0 radical (unpaired) electrons. The molecule has 0 saturated heterocycles. The summed E-state index contributed by atoms with van der Waals surface area (Å²) in [5.74, 6) is 1.69. The van der Waals surface area contributed by atoms with Crippen molar-refractivity contribution >= 4 is 11.4 Å². The van der Waals surface area contributed by atoms with Gasteiger partial charge in [0.15, 0.2) is 0 Å². The van der Waals surface area contributed by atoms with E-state index in [0.717, 1.165) is 45.2 Å². The van der Waals surface area contributed by atoms with Crippen LogP contribution < -0.4 is 9.47 Å². The number of para-hydroxylation sites is 2. The summed E-state index contributed by atoms with van der Waals surface area (Å²) in [7, 11) is 0. The Labute approximate surface area is 199 Å². The molecule has 0 N–H and O–H groups in total. The van der Waals surface area contributed by atoms with E-state index in [9.17, 15) is 0 Å². The van der Waals surface area contributed by atoms with Gasteiger partial charge in [-0.05, 0) is 35.4 Å². The second-order valence-corrected chi connectivity index (χ2v) is 8.53. The van der Waals surface area contributed by atoms with Gasteiger partial charge in [0, 0.05) is 24.0 Å². The van der Waals surface area contributed by atoms with Crippen molar-refractivity contribution < 1.29 is 9.47 Å². The Morgan fingerprint density at radius 1 is 0.471 bits per heavy atom. The fourth-order valence-corrected chi connectivity index (χ4v) is 4.59. The van der Waals surface area contributed by atoms with Crippen molar-refractivity contribution in [1.82, 2.24) is 0 Å². The number of hydrogen-bond acceptors (Lipinski definition) is 4. The van der Waals surface area contributed by atoms with Gasteiger partial charge >= 0.3 is 0 Å². The second-order valence-electron chi connectivity index (χ2n) is 8.53. The van der Waals surface area contributed by atoms with Gasteiger partial charge < -0.3 is 9.47 Å². The highest BCUT2D eigenvalue weighted by Crippen LogP contribution is 2.37. The molecular weight excluding hydrogens is 420 g/mol. The van der Waals surface area contributed by atoms with E-state index < -0.39 is 0 Å². The van der Waals surface area contributed by atoms with E-state index in [-0.39, 0.29) is 12.2 Å². The molecule has 34 heavy (non-hydrogen) atoms. The lowest BCUT2D eigenvalue weighted by Crippen LogP contribution is -2.22. The maximum Gasteiger partial charge on any atom is 0.129 e. The van der Waals surface area contributed by atoms with Crippen molar-refractivity contribution in [3.05, 3.63) is 131 Å². The fourth-order valence-electron chi connectivity index (χ4n) is 4.59. The minimum Gasteiger partial charge on any atom is -0.485 e. The van der Waals surface area contributed by atoms with Crippen LogP contribution in [0.2, 0.25) is 0 Å². The monoisotopic (exact) mass is 444 g/mol. The van der Waals surface area contributed by atoms with E-state index in [4.69, 9.17) is 19.7 Å². The molecule has 4 aromatic carbocycles. The predicted octanol–water partition coefficient (Wildman–Crippen LogP) is 6.93. The average Bonchev–Trinajstić information content (AvgIpc) is 2.92. The lowest BCUT2D eigenvalue weighted by Gasteiger charge is -2.28. The lowest BCUT2D eigenvalue weighted by atomic mass is 9.95. The van der Waals surface area contributed by atoms with Crippen molar-refractivity contribution in [2.45, 2.75) is 25.0 Å². The number of benzene rings is 4. The molecule has 0 bridgehead atoms. The average molecular weight is 445 g/mol. The van der Waals surface area contributed by atoms with Gasteiger partial charge in [0.2, 0.25) is 0 Å². The van der Waals surface area contributed by atoms with Crippen molar-refractivity contribution in [3.8, 4) is 11.5 Å². The van der Waals surface area contributed by atoms with E-state index in [2.05, 4.69) is 36.4 Å². The van der Waals surface area contributed by atoms with E-state index in [1.54, 1.807) is 0 Å². The van der Waals surface area contributed by atoms with Gasteiger partial charge in [-0.25, -0.2) is 0 Å². The van der Waals surface area contributed by atoms with E-state index in [0.29, 0.717) is 12.8 Å². The first-order chi connectivity index (χ1) is 16.8. The van der Waals surface area contributed by atoms with Crippen LogP contribution in [0.5, 0.6) is 11.5 Å². The molecule has 0 amide bonds. The number of nitrogens with zero attached hydrogens (tertiary/aromatic N) is 2. The summed E-state index contributed by atoms with van der Waals surface area (Å²) >= 11 is 0. The second kappa shape index (κ2) is 8.99. The summed E-state index contributed by atoms with van der Waals surface area (Å²) in [5.41, 5.74) is 6.14. The summed E-state index contributed by atoms with van der Waals surface area (Å²) in [4.78, 5) is 0. The zero-order chi connectivity index (χ0) is 22.7. The quantitative estimate of drug-likeness (QED) is 0.322. The van der Waals surface area contributed by atoms with Gasteiger partial charge in [-0.2, -0.15) is 10.2 Å². The Hall–Kier alpha value is -4.18. The topological polar surface area (TPSA) is 43.2 Å². The first kappa shape index (κ1) is 20.4. The first-order valence-electron chi connectivity index (χ1n) is 11.6. The number of fused-ring (bicyclic) bond motifs is 2. The van der Waals surface area contributed by atoms with E-state index in [1.807, 2.05) is 72.8 Å². The molecule has 4 nitrogen and oxygen atoms in total. The van der Waals surface area contributed by atoms with Crippen molar-refractivity contribution in [2.75, 3.05) is 0 Å². The van der Waals surface area contributed by atoms with Crippen LogP contribution in [0.1, 0.15) is 47.3 Å². The zero-order valence-electron chi connectivity index (χ0n) is 18.7. The summed E-state index contributed by atoms with van der Waals surface area (Å²) in [6.07, 6.45) is 1.15. The number of rotatable bonds is 3. The van der Waals surface area contributed by atoms with Gasteiger partial charge in [-0.1, -0.05) is 84.9 Å². The molecule has 166 valence electrons. The lowest BCUT2D eigenvalue weighted by molar-refractivity contribution is 0.205. The maximum atomic E-state index is 6.32. The Morgan fingerprint density at radius 2 is 0.853 bits per heavy atom. The van der Waals surface area contributed by atoms with Crippen LogP contribution in [0.15, 0.2) is 119 Å². The number of ether oxygens (including phenoxy) is 2. The molecule has 2 aliphatic rings. The third-order valence-electron chi connectivity index (χ3n) is 6.33. The first-order valence-corrected chi connectivity index (χ1v) is 11.6. The van der Waals surface area contributed by atoms with Crippen molar-refractivity contribution in [3.63, 3.8) is 0 Å². The Balaban J connectivity index is 1.39. The molecule has 2 atom stereocenters. The molecule has 0 aliphatic carbocycles. The third-order valence-corrected chi connectivity index (χ3v) is 6.33. The SMILES string of the molecule is c1ccc(C2C/C(=N\N=C3/CC(c4ccccc4)Oc4ccccc43)c3ccccc3O2)cc1. The van der Waals surface area contributed by atoms with Crippen LogP contribution in [-0.2, 0) is 0 Å². The van der Waals surface area contributed by atoms with Crippen LogP contribution in [0.4, 0.5) is 0 Å². The van der Waals surface area contributed by atoms with Crippen molar-refractivity contribution in [1.29, 1.82) is 0 Å². The van der Waals surface area contributed by atoms with Crippen molar-refractivity contribution in [2.24, 2.45) is 10.2 Å². The largest absolute Gasteiger partial charge is 0.485 e. The van der Waals surface area contributed by atoms with Gasteiger partial charge in [0.25, 0.3) is 0 Å². The zero-order valence-corrected chi connectivity index (χ0v) is 18.7. The summed E-state index contributed by atoms with van der Waals surface area (Å²) in [6.45, 7) is 0. The highest BCUT2D eigenvalue weighted by molar-refractivity contribution is 6.07. The van der Waals surface area contributed by atoms with Crippen LogP contribution in [0.3, 0.4) is 0 Å². The molecule has 4 heteroatoms. The standard InChI is InChI=1S/C30H24N2O2/c1-3-11-21(12-4-1)29-19-25(23-15-7-9-17-27(23)33-29)31-32-26-20-30(22-13-5-2-6-14-22)34-28-18-10-8-16-24(26)28/h1-18,29-30H,19-20H2/b31-25+,32-26+. The maximum absolute atomic E-state index is 6.32. The summed E-state index contributed by atoms with van der Waals surface area (Å²) in [6, 6.07) is 36.7. The predicted molar refractivity (Wildman–Crippen MR) is 135 cm³/mol. The molecule has 2 aliphatic heterocycles. The smallest absolute Gasteiger partial charge is 0.129 e. The fraction of sp³-hybridized carbons (Fsp3) is 0.133. The van der Waals surface area contributed by atoms with Gasteiger partial charge in [0.05, 0.1) is 11.4 Å². The molecule has 0 spiro atoms. The molecule has 0 aromatic heterocycles. The highest BCUT2D eigenvalue weighted by Gasteiger charge is 2.28. The Bertz CT molecular complexity index is 1260. The molecule has 4 aromatic rings. The number of hydrogen-bond donors (Lipinski definition) is 0. The molecule has 2 heterocycles. The van der Waals surface area contributed by atoms with Gasteiger partial charge in [-0.15, -0.1) is 0 Å². The molecular formula is C30H24N2O2. The normalized spacial score (nSPS) is 21.3. The van der Waals surface area contributed by atoms with Gasteiger partial charge in [0.1, 0.15) is 23.7 Å². The minimum absolute atomic E-state index is 0.0888. The van der Waals surface area contributed by atoms with Crippen LogP contribution in [0, 0.1) is 0 Å². The molecule has 6 rings (SSSR count).